The zero-order chi connectivity index (χ0) is 19.9. The van der Waals surface area contributed by atoms with E-state index < -0.39 is 0 Å². The van der Waals surface area contributed by atoms with E-state index in [1.54, 1.807) is 18.4 Å². The molecular formula is C23H27N3O2S. The van der Waals surface area contributed by atoms with Crippen LogP contribution in [-0.2, 0) is 11.3 Å². The number of morpholine rings is 1. The third kappa shape index (κ3) is 5.42. The number of rotatable bonds is 8. The molecule has 2 aromatic carbocycles. The van der Waals surface area contributed by atoms with Gasteiger partial charge in [0.25, 0.3) is 0 Å². The third-order valence-corrected chi connectivity index (χ3v) is 6.08. The Morgan fingerprint density at radius 2 is 1.97 bits per heavy atom. The van der Waals surface area contributed by atoms with Gasteiger partial charge in [-0.05, 0) is 17.7 Å². The van der Waals surface area contributed by atoms with Gasteiger partial charge in [-0.25, -0.2) is 4.98 Å². The number of methoxy groups -OCH3 is 1. The first kappa shape index (κ1) is 20.0. The Bertz CT molecular complexity index is 894. The van der Waals surface area contributed by atoms with Crippen LogP contribution in [0, 0.1) is 0 Å². The van der Waals surface area contributed by atoms with Gasteiger partial charge in [0.05, 0.1) is 26.0 Å². The fraction of sp³-hybridized carbons (Fsp3) is 0.348. The van der Waals surface area contributed by atoms with E-state index >= 15 is 0 Å². The SMILES string of the molecule is COc1cccc(-c2nc(CNC(CN3CCOCC3)c3ccccc3)cs2)c1. The predicted molar refractivity (Wildman–Crippen MR) is 117 cm³/mol. The number of nitrogens with zero attached hydrogens (tertiary/aromatic N) is 2. The normalized spacial score (nSPS) is 15.9. The van der Waals surface area contributed by atoms with Crippen molar-refractivity contribution in [3.8, 4) is 16.3 Å². The second kappa shape index (κ2) is 9.98. The van der Waals surface area contributed by atoms with Crippen molar-refractivity contribution in [2.45, 2.75) is 12.6 Å². The lowest BCUT2D eigenvalue weighted by molar-refractivity contribution is 0.0333. The molecule has 3 aromatic rings. The zero-order valence-electron chi connectivity index (χ0n) is 16.7. The molecule has 1 saturated heterocycles. The van der Waals surface area contributed by atoms with Crippen molar-refractivity contribution in [3.05, 3.63) is 71.2 Å². The molecule has 1 N–H and O–H groups in total. The standard InChI is InChI=1S/C23H27N3O2S/c1-27-21-9-5-8-19(14-21)23-25-20(17-29-23)15-24-22(18-6-3-2-4-7-18)16-26-10-12-28-13-11-26/h2-9,14,17,22,24H,10-13,15-16H2,1H3. The highest BCUT2D eigenvalue weighted by atomic mass is 32.1. The van der Waals surface area contributed by atoms with Crippen LogP contribution in [0.3, 0.4) is 0 Å². The van der Waals surface area contributed by atoms with Crippen LogP contribution in [0.5, 0.6) is 5.75 Å². The van der Waals surface area contributed by atoms with E-state index in [9.17, 15) is 0 Å². The lowest BCUT2D eigenvalue weighted by atomic mass is 10.1. The smallest absolute Gasteiger partial charge is 0.123 e. The van der Waals surface area contributed by atoms with Crippen LogP contribution in [0.1, 0.15) is 17.3 Å². The van der Waals surface area contributed by atoms with Crippen molar-refractivity contribution in [2.24, 2.45) is 0 Å². The van der Waals surface area contributed by atoms with Gasteiger partial charge in [0.2, 0.25) is 0 Å². The van der Waals surface area contributed by atoms with E-state index in [-0.39, 0.29) is 6.04 Å². The van der Waals surface area contributed by atoms with Crippen molar-refractivity contribution in [1.29, 1.82) is 0 Å². The number of thiazole rings is 1. The number of benzene rings is 2. The summed E-state index contributed by atoms with van der Waals surface area (Å²) in [7, 11) is 1.69. The molecule has 1 atom stereocenters. The minimum absolute atomic E-state index is 0.260. The van der Waals surface area contributed by atoms with Gasteiger partial charge in [0.15, 0.2) is 0 Å². The molecule has 1 aliphatic heterocycles. The number of aromatic nitrogens is 1. The fourth-order valence-corrected chi connectivity index (χ4v) is 4.34. The monoisotopic (exact) mass is 409 g/mol. The minimum Gasteiger partial charge on any atom is -0.497 e. The fourth-order valence-electron chi connectivity index (χ4n) is 3.52. The lowest BCUT2D eigenvalue weighted by Crippen LogP contribution is -2.41. The molecule has 29 heavy (non-hydrogen) atoms. The molecule has 5 nitrogen and oxygen atoms in total. The largest absolute Gasteiger partial charge is 0.497 e. The van der Waals surface area contributed by atoms with Gasteiger partial charge in [0.1, 0.15) is 10.8 Å². The van der Waals surface area contributed by atoms with Gasteiger partial charge < -0.3 is 14.8 Å². The van der Waals surface area contributed by atoms with E-state index in [0.29, 0.717) is 0 Å². The minimum atomic E-state index is 0.260. The van der Waals surface area contributed by atoms with E-state index in [1.807, 2.05) is 18.2 Å². The predicted octanol–water partition coefficient (Wildman–Crippen LogP) is 3.98. The average Bonchev–Trinajstić information content (AvgIpc) is 3.27. The van der Waals surface area contributed by atoms with Crippen molar-refractivity contribution < 1.29 is 9.47 Å². The molecule has 0 bridgehead atoms. The number of hydrogen-bond donors (Lipinski definition) is 1. The Balaban J connectivity index is 1.43. The van der Waals surface area contributed by atoms with Gasteiger partial charge in [-0.1, -0.05) is 42.5 Å². The molecule has 6 heteroatoms. The molecule has 1 aliphatic rings. The van der Waals surface area contributed by atoms with Crippen LogP contribution in [0.15, 0.2) is 60.0 Å². The second-order valence-corrected chi connectivity index (χ2v) is 7.99. The van der Waals surface area contributed by atoms with Crippen LogP contribution in [-0.4, -0.2) is 49.8 Å². The molecule has 4 rings (SSSR count). The summed E-state index contributed by atoms with van der Waals surface area (Å²) < 4.78 is 10.8. The molecule has 0 saturated carbocycles. The second-order valence-electron chi connectivity index (χ2n) is 7.13. The Labute approximate surface area is 176 Å². The van der Waals surface area contributed by atoms with E-state index in [0.717, 1.165) is 61.4 Å². The average molecular weight is 410 g/mol. The summed E-state index contributed by atoms with van der Waals surface area (Å²) in [5, 5.41) is 6.88. The maximum absolute atomic E-state index is 5.50. The third-order valence-electron chi connectivity index (χ3n) is 5.14. The van der Waals surface area contributed by atoms with Crippen LogP contribution in [0.2, 0.25) is 0 Å². The maximum Gasteiger partial charge on any atom is 0.123 e. The van der Waals surface area contributed by atoms with Crippen molar-refractivity contribution in [1.82, 2.24) is 15.2 Å². The van der Waals surface area contributed by atoms with Crippen LogP contribution < -0.4 is 10.1 Å². The Kier molecular flexibility index (Phi) is 6.90. The van der Waals surface area contributed by atoms with Crippen molar-refractivity contribution in [3.63, 3.8) is 0 Å². The Hall–Kier alpha value is -2.25. The number of hydrogen-bond acceptors (Lipinski definition) is 6. The highest BCUT2D eigenvalue weighted by Gasteiger charge is 2.18. The lowest BCUT2D eigenvalue weighted by Gasteiger charge is -2.31. The van der Waals surface area contributed by atoms with Gasteiger partial charge in [0, 0.05) is 43.2 Å². The first-order valence-corrected chi connectivity index (χ1v) is 10.9. The summed E-state index contributed by atoms with van der Waals surface area (Å²) in [5.74, 6) is 0.854. The van der Waals surface area contributed by atoms with Gasteiger partial charge in [-0.2, -0.15) is 0 Å². The van der Waals surface area contributed by atoms with Crippen LogP contribution in [0.4, 0.5) is 0 Å². The van der Waals surface area contributed by atoms with Gasteiger partial charge in [-0.3, -0.25) is 4.90 Å². The summed E-state index contributed by atoms with van der Waals surface area (Å²) in [6.45, 7) is 5.32. The number of nitrogens with one attached hydrogen (secondary N) is 1. The summed E-state index contributed by atoms with van der Waals surface area (Å²) in [5.41, 5.74) is 3.46. The van der Waals surface area contributed by atoms with Gasteiger partial charge >= 0.3 is 0 Å². The maximum atomic E-state index is 5.50. The first-order chi connectivity index (χ1) is 14.3. The molecule has 0 aliphatic carbocycles. The van der Waals surface area contributed by atoms with Crippen molar-refractivity contribution >= 4 is 11.3 Å². The summed E-state index contributed by atoms with van der Waals surface area (Å²) >= 11 is 1.67. The zero-order valence-corrected chi connectivity index (χ0v) is 17.5. The molecule has 152 valence electrons. The quantitative estimate of drug-likeness (QED) is 0.610. The molecule has 1 unspecified atom stereocenters. The summed E-state index contributed by atoms with van der Waals surface area (Å²) in [6.07, 6.45) is 0. The van der Waals surface area contributed by atoms with E-state index in [1.165, 1.54) is 5.56 Å². The van der Waals surface area contributed by atoms with Gasteiger partial charge in [-0.15, -0.1) is 11.3 Å². The molecule has 0 amide bonds. The molecule has 0 radical (unpaired) electrons. The van der Waals surface area contributed by atoms with E-state index in [2.05, 4.69) is 52.0 Å². The molecule has 1 fully saturated rings. The molecule has 0 spiro atoms. The molecule has 1 aromatic heterocycles. The molecular weight excluding hydrogens is 382 g/mol. The highest BCUT2D eigenvalue weighted by molar-refractivity contribution is 7.13. The molecule has 2 heterocycles. The van der Waals surface area contributed by atoms with E-state index in [4.69, 9.17) is 14.5 Å². The van der Waals surface area contributed by atoms with Crippen LogP contribution >= 0.6 is 11.3 Å². The topological polar surface area (TPSA) is 46.6 Å². The highest BCUT2D eigenvalue weighted by Crippen LogP contribution is 2.27. The Morgan fingerprint density at radius 1 is 1.14 bits per heavy atom. The summed E-state index contributed by atoms with van der Waals surface area (Å²) in [4.78, 5) is 7.30. The number of ether oxygens (including phenoxy) is 2. The summed E-state index contributed by atoms with van der Waals surface area (Å²) in [6, 6.07) is 19.0. The van der Waals surface area contributed by atoms with Crippen LogP contribution in [0.25, 0.3) is 10.6 Å². The Morgan fingerprint density at radius 3 is 2.76 bits per heavy atom. The first-order valence-electron chi connectivity index (χ1n) is 9.99. The van der Waals surface area contributed by atoms with Crippen molar-refractivity contribution in [2.75, 3.05) is 40.0 Å².